The number of aromatic nitrogens is 3. The summed E-state index contributed by atoms with van der Waals surface area (Å²) in [5.74, 6) is 0.0610. The van der Waals surface area contributed by atoms with Gasteiger partial charge in [-0.1, -0.05) is 55.8 Å². The summed E-state index contributed by atoms with van der Waals surface area (Å²) in [5.41, 5.74) is 0.396. The molecule has 1 aromatic heterocycles. The highest BCUT2D eigenvalue weighted by Crippen LogP contribution is 2.33. The third-order valence-electron chi connectivity index (χ3n) is 5.65. The van der Waals surface area contributed by atoms with Crippen molar-refractivity contribution in [2.75, 3.05) is 13.2 Å². The highest BCUT2D eigenvalue weighted by molar-refractivity contribution is 5.90. The quantitative estimate of drug-likeness (QED) is 0.608. The van der Waals surface area contributed by atoms with Crippen LogP contribution in [-0.4, -0.2) is 40.1 Å². The van der Waals surface area contributed by atoms with Gasteiger partial charge in [-0.25, -0.2) is 9.67 Å². The zero-order valence-corrected chi connectivity index (χ0v) is 17.0. The van der Waals surface area contributed by atoms with Crippen LogP contribution in [0.15, 0.2) is 55.1 Å². The number of hydrogen-bond donors (Lipinski definition) is 0. The standard InChI is InChI=1S/C23H27N3O3/c1-3-7-21-28-13-23(2,14-29-21)22(27)20(26-16-24-15-25-26)12-18-10-6-9-17-8-4-5-11-19(17)18/h4-6,8-11,15-16,20-21H,3,7,12-14H2,1-2H3. The van der Waals surface area contributed by atoms with Gasteiger partial charge in [-0.2, -0.15) is 5.10 Å². The first-order valence-electron chi connectivity index (χ1n) is 10.2. The van der Waals surface area contributed by atoms with E-state index in [-0.39, 0.29) is 12.1 Å². The van der Waals surface area contributed by atoms with Crippen LogP contribution in [0.2, 0.25) is 0 Å². The second-order valence-electron chi connectivity index (χ2n) is 8.00. The van der Waals surface area contributed by atoms with E-state index >= 15 is 0 Å². The summed E-state index contributed by atoms with van der Waals surface area (Å²) in [6.45, 7) is 4.73. The molecule has 0 spiro atoms. The first kappa shape index (κ1) is 19.7. The molecule has 0 N–H and O–H groups in total. The summed E-state index contributed by atoms with van der Waals surface area (Å²) in [7, 11) is 0. The van der Waals surface area contributed by atoms with Gasteiger partial charge < -0.3 is 9.47 Å². The van der Waals surface area contributed by atoms with Crippen LogP contribution in [0.25, 0.3) is 10.8 Å². The fourth-order valence-corrected chi connectivity index (χ4v) is 3.95. The summed E-state index contributed by atoms with van der Waals surface area (Å²) < 4.78 is 13.4. The Hall–Kier alpha value is -2.57. The van der Waals surface area contributed by atoms with Gasteiger partial charge >= 0.3 is 0 Å². The van der Waals surface area contributed by atoms with Gasteiger partial charge in [-0.05, 0) is 29.7 Å². The molecule has 0 saturated carbocycles. The number of ether oxygens (including phenoxy) is 2. The van der Waals surface area contributed by atoms with Gasteiger partial charge in [0, 0.05) is 6.42 Å². The van der Waals surface area contributed by atoms with E-state index in [4.69, 9.17) is 9.47 Å². The second-order valence-corrected chi connectivity index (χ2v) is 8.00. The lowest BCUT2D eigenvalue weighted by Crippen LogP contribution is -2.48. The normalized spacial score (nSPS) is 23.2. The number of ketones is 1. The average molecular weight is 393 g/mol. The van der Waals surface area contributed by atoms with Crippen molar-refractivity contribution < 1.29 is 14.3 Å². The molecule has 6 nitrogen and oxygen atoms in total. The Morgan fingerprint density at radius 2 is 1.97 bits per heavy atom. The van der Waals surface area contributed by atoms with Crippen LogP contribution in [0.1, 0.15) is 38.3 Å². The van der Waals surface area contributed by atoms with Gasteiger partial charge in [0.05, 0.1) is 18.6 Å². The third-order valence-corrected chi connectivity index (χ3v) is 5.65. The van der Waals surface area contributed by atoms with Gasteiger partial charge in [0.2, 0.25) is 0 Å². The fourth-order valence-electron chi connectivity index (χ4n) is 3.95. The van der Waals surface area contributed by atoms with E-state index in [1.165, 1.54) is 6.33 Å². The van der Waals surface area contributed by atoms with Crippen molar-refractivity contribution in [1.29, 1.82) is 0 Å². The van der Waals surface area contributed by atoms with Crippen molar-refractivity contribution in [3.8, 4) is 0 Å². The lowest BCUT2D eigenvalue weighted by atomic mass is 9.81. The Morgan fingerprint density at radius 1 is 1.21 bits per heavy atom. The molecule has 152 valence electrons. The Labute approximate surface area is 170 Å². The maximum Gasteiger partial charge on any atom is 0.168 e. The maximum atomic E-state index is 13.7. The lowest BCUT2D eigenvalue weighted by molar-refractivity contribution is -0.226. The zero-order valence-electron chi connectivity index (χ0n) is 17.0. The molecule has 0 bridgehead atoms. The van der Waals surface area contributed by atoms with Crippen molar-refractivity contribution in [3.05, 3.63) is 60.7 Å². The number of hydrogen-bond acceptors (Lipinski definition) is 5. The molecule has 2 aromatic carbocycles. The molecule has 1 aliphatic heterocycles. The number of Topliss-reactive ketones (excluding diaryl/α,β-unsaturated/α-hetero) is 1. The van der Waals surface area contributed by atoms with E-state index in [0.717, 1.165) is 29.2 Å². The number of carbonyl (C=O) groups is 1. The van der Waals surface area contributed by atoms with Gasteiger partial charge in [0.1, 0.15) is 18.7 Å². The largest absolute Gasteiger partial charge is 0.352 e. The Bertz CT molecular complexity index is 957. The van der Waals surface area contributed by atoms with E-state index in [1.807, 2.05) is 25.1 Å². The van der Waals surface area contributed by atoms with E-state index in [0.29, 0.717) is 19.6 Å². The monoisotopic (exact) mass is 393 g/mol. The van der Waals surface area contributed by atoms with Crippen LogP contribution in [0, 0.1) is 5.41 Å². The van der Waals surface area contributed by atoms with E-state index < -0.39 is 11.5 Å². The number of fused-ring (bicyclic) bond motifs is 1. The third kappa shape index (κ3) is 4.09. The first-order valence-corrected chi connectivity index (χ1v) is 10.2. The summed E-state index contributed by atoms with van der Waals surface area (Å²) >= 11 is 0. The van der Waals surface area contributed by atoms with E-state index in [1.54, 1.807) is 11.0 Å². The van der Waals surface area contributed by atoms with Gasteiger partial charge in [0.15, 0.2) is 12.1 Å². The number of benzene rings is 2. The predicted molar refractivity (Wildman–Crippen MR) is 110 cm³/mol. The molecule has 2 heterocycles. The maximum absolute atomic E-state index is 13.7. The summed E-state index contributed by atoms with van der Waals surface area (Å²) in [6.07, 6.45) is 5.23. The molecule has 0 aliphatic carbocycles. The van der Waals surface area contributed by atoms with Gasteiger partial charge in [-0.3, -0.25) is 4.79 Å². The molecular formula is C23H27N3O3. The number of nitrogens with zero attached hydrogens (tertiary/aromatic N) is 3. The molecule has 6 heteroatoms. The smallest absolute Gasteiger partial charge is 0.168 e. The minimum atomic E-state index is -0.717. The van der Waals surface area contributed by atoms with E-state index in [9.17, 15) is 4.79 Å². The van der Waals surface area contributed by atoms with Crippen molar-refractivity contribution in [1.82, 2.24) is 14.8 Å². The van der Waals surface area contributed by atoms with Crippen LogP contribution >= 0.6 is 0 Å². The molecule has 1 saturated heterocycles. The SMILES string of the molecule is CCCC1OCC(C)(C(=O)C(Cc2cccc3ccccc23)n2cncn2)CO1. The molecule has 4 rings (SSSR count). The first-order chi connectivity index (χ1) is 14.1. The van der Waals surface area contributed by atoms with Crippen molar-refractivity contribution in [2.24, 2.45) is 5.41 Å². The summed E-state index contributed by atoms with van der Waals surface area (Å²) in [6, 6.07) is 14.0. The van der Waals surface area contributed by atoms with Crippen LogP contribution in [0.3, 0.4) is 0 Å². The molecule has 1 aliphatic rings. The number of carbonyl (C=O) groups excluding carboxylic acids is 1. The van der Waals surface area contributed by atoms with Gasteiger partial charge in [-0.15, -0.1) is 0 Å². The van der Waals surface area contributed by atoms with Crippen LogP contribution < -0.4 is 0 Å². The highest BCUT2D eigenvalue weighted by Gasteiger charge is 2.43. The van der Waals surface area contributed by atoms with E-state index in [2.05, 4.69) is 41.3 Å². The second kappa shape index (κ2) is 8.43. The minimum absolute atomic E-state index is 0.0610. The predicted octanol–water partition coefficient (Wildman–Crippen LogP) is 3.96. The molecule has 29 heavy (non-hydrogen) atoms. The molecule has 3 aromatic rings. The van der Waals surface area contributed by atoms with Crippen molar-refractivity contribution in [3.63, 3.8) is 0 Å². The molecule has 1 atom stereocenters. The molecule has 1 unspecified atom stereocenters. The zero-order chi connectivity index (χ0) is 20.3. The van der Waals surface area contributed by atoms with Gasteiger partial charge in [0.25, 0.3) is 0 Å². The minimum Gasteiger partial charge on any atom is -0.352 e. The van der Waals surface area contributed by atoms with Crippen molar-refractivity contribution in [2.45, 2.75) is 45.4 Å². The Kier molecular flexibility index (Phi) is 5.74. The highest BCUT2D eigenvalue weighted by atomic mass is 16.7. The summed E-state index contributed by atoms with van der Waals surface area (Å²) in [4.78, 5) is 17.7. The van der Waals surface area contributed by atoms with Crippen LogP contribution in [0.4, 0.5) is 0 Å². The lowest BCUT2D eigenvalue weighted by Gasteiger charge is -2.38. The van der Waals surface area contributed by atoms with Crippen LogP contribution in [0.5, 0.6) is 0 Å². The molecule has 0 amide bonds. The van der Waals surface area contributed by atoms with Crippen LogP contribution in [-0.2, 0) is 20.7 Å². The summed E-state index contributed by atoms with van der Waals surface area (Å²) in [5, 5.41) is 6.60. The molecular weight excluding hydrogens is 366 g/mol. The average Bonchev–Trinajstić information content (AvgIpc) is 3.28. The van der Waals surface area contributed by atoms with Crippen molar-refractivity contribution >= 4 is 16.6 Å². The molecule has 0 radical (unpaired) electrons. The topological polar surface area (TPSA) is 66.2 Å². The number of rotatable bonds is 7. The molecule has 1 fully saturated rings. The fraction of sp³-hybridized carbons (Fsp3) is 0.435. The Balaban J connectivity index is 1.62. The Morgan fingerprint density at radius 3 is 2.69 bits per heavy atom.